The largest absolute Gasteiger partial charge is 0.369 e. The van der Waals surface area contributed by atoms with Gasteiger partial charge in [0.05, 0.1) is 11.5 Å². The average Bonchev–Trinajstić information content (AvgIpc) is 3.10. The fourth-order valence-corrected chi connectivity index (χ4v) is 4.25. The van der Waals surface area contributed by atoms with Crippen LogP contribution in [0.5, 0.6) is 0 Å². The number of piperidine rings is 1. The summed E-state index contributed by atoms with van der Waals surface area (Å²) in [6.07, 6.45) is 1.80. The molecule has 7 nitrogen and oxygen atoms in total. The van der Waals surface area contributed by atoms with Crippen molar-refractivity contribution in [3.05, 3.63) is 65.4 Å². The van der Waals surface area contributed by atoms with E-state index in [9.17, 15) is 14.4 Å². The Morgan fingerprint density at radius 2 is 1.87 bits per heavy atom. The first-order chi connectivity index (χ1) is 14.9. The van der Waals surface area contributed by atoms with Crippen LogP contribution in [0.25, 0.3) is 10.9 Å². The number of rotatable bonds is 6. The van der Waals surface area contributed by atoms with Crippen molar-refractivity contribution in [2.24, 2.45) is 11.7 Å². The number of H-pyrrole nitrogens is 1. The summed E-state index contributed by atoms with van der Waals surface area (Å²) in [5.74, 6) is -1.56. The number of benzene rings is 2. The quantitative estimate of drug-likeness (QED) is 0.422. The van der Waals surface area contributed by atoms with Crippen LogP contribution in [0.15, 0.2) is 48.5 Å². The second-order valence-electron chi connectivity index (χ2n) is 8.13. The van der Waals surface area contributed by atoms with Gasteiger partial charge in [0.25, 0.3) is 11.7 Å². The summed E-state index contributed by atoms with van der Waals surface area (Å²) in [6, 6.07) is 14.9. The minimum Gasteiger partial charge on any atom is -0.369 e. The van der Waals surface area contributed by atoms with E-state index in [1.54, 1.807) is 19.1 Å². The minimum absolute atomic E-state index is 0.0914. The van der Waals surface area contributed by atoms with E-state index in [4.69, 9.17) is 5.73 Å². The fourth-order valence-electron chi connectivity index (χ4n) is 4.25. The first-order valence-corrected chi connectivity index (χ1v) is 10.5. The monoisotopic (exact) mass is 418 g/mol. The summed E-state index contributed by atoms with van der Waals surface area (Å²) in [5.41, 5.74) is 8.99. The summed E-state index contributed by atoms with van der Waals surface area (Å²) < 4.78 is 0. The molecule has 1 aliphatic heterocycles. The van der Waals surface area contributed by atoms with Gasteiger partial charge >= 0.3 is 0 Å². The van der Waals surface area contributed by atoms with Crippen LogP contribution < -0.4 is 11.1 Å². The number of likely N-dealkylation sites (tertiary alicyclic amines) is 1. The van der Waals surface area contributed by atoms with Gasteiger partial charge in [0.2, 0.25) is 5.91 Å². The van der Waals surface area contributed by atoms with Crippen LogP contribution in [-0.4, -0.2) is 40.6 Å². The SMILES string of the molecule is Cc1[nH]c2ccccc2c1C(=O)C(=O)Nc1ccc(CN2CCCC(C(N)=O)C2)cc1. The smallest absolute Gasteiger partial charge is 0.296 e. The molecule has 7 heteroatoms. The summed E-state index contributed by atoms with van der Waals surface area (Å²) in [4.78, 5) is 42.2. The maximum atomic E-state index is 12.8. The molecular formula is C24H26N4O3. The molecular weight excluding hydrogens is 392 g/mol. The molecule has 0 bridgehead atoms. The highest BCUT2D eigenvalue weighted by atomic mass is 16.2. The summed E-state index contributed by atoms with van der Waals surface area (Å²) >= 11 is 0. The molecule has 160 valence electrons. The zero-order valence-corrected chi connectivity index (χ0v) is 17.5. The summed E-state index contributed by atoms with van der Waals surface area (Å²) in [6.45, 7) is 4.11. The number of ketones is 1. The molecule has 0 spiro atoms. The Bertz CT molecular complexity index is 1130. The van der Waals surface area contributed by atoms with Gasteiger partial charge in [0.15, 0.2) is 0 Å². The maximum absolute atomic E-state index is 12.8. The van der Waals surface area contributed by atoms with Crippen molar-refractivity contribution in [2.45, 2.75) is 26.3 Å². The van der Waals surface area contributed by atoms with Crippen LogP contribution >= 0.6 is 0 Å². The Morgan fingerprint density at radius 3 is 2.61 bits per heavy atom. The molecule has 1 fully saturated rings. The number of hydrogen-bond acceptors (Lipinski definition) is 4. The highest BCUT2D eigenvalue weighted by molar-refractivity contribution is 6.48. The number of nitrogens with two attached hydrogens (primary N) is 1. The number of nitrogens with zero attached hydrogens (tertiary/aromatic N) is 1. The standard InChI is InChI=1S/C24H26N4O3/c1-15-21(19-6-2-3-7-20(19)26-15)22(29)24(31)27-18-10-8-16(9-11-18)13-28-12-4-5-17(14-28)23(25)30/h2-3,6-11,17,26H,4-5,12-14H2,1H3,(H2,25,30)(H,27,31). The van der Waals surface area contributed by atoms with Crippen LogP contribution in [0.1, 0.15) is 34.5 Å². The normalized spacial score (nSPS) is 16.9. The molecule has 31 heavy (non-hydrogen) atoms. The lowest BCUT2D eigenvalue weighted by Gasteiger charge is -2.31. The van der Waals surface area contributed by atoms with E-state index in [1.807, 2.05) is 36.4 Å². The van der Waals surface area contributed by atoms with Gasteiger partial charge < -0.3 is 16.0 Å². The van der Waals surface area contributed by atoms with Gasteiger partial charge in [0, 0.05) is 35.4 Å². The Hall–Kier alpha value is -3.45. The molecule has 2 amide bonds. The number of primary amides is 1. The van der Waals surface area contributed by atoms with Crippen molar-refractivity contribution >= 4 is 34.2 Å². The number of fused-ring (bicyclic) bond motifs is 1. The third-order valence-electron chi connectivity index (χ3n) is 5.85. The number of aromatic amines is 1. The van der Waals surface area contributed by atoms with Crippen LogP contribution in [0, 0.1) is 12.8 Å². The lowest BCUT2D eigenvalue weighted by molar-refractivity contribution is -0.123. The molecule has 1 aliphatic rings. The number of carbonyl (C=O) groups excluding carboxylic acids is 3. The minimum atomic E-state index is -0.666. The van der Waals surface area contributed by atoms with Crippen LogP contribution in [0.4, 0.5) is 5.69 Å². The zero-order valence-electron chi connectivity index (χ0n) is 17.5. The van der Waals surface area contributed by atoms with Gasteiger partial charge in [-0.3, -0.25) is 19.3 Å². The predicted molar refractivity (Wildman–Crippen MR) is 120 cm³/mol. The number of aryl methyl sites for hydroxylation is 1. The van der Waals surface area contributed by atoms with Gasteiger partial charge in [-0.15, -0.1) is 0 Å². The van der Waals surface area contributed by atoms with Crippen molar-refractivity contribution in [1.29, 1.82) is 0 Å². The molecule has 1 unspecified atom stereocenters. The number of anilines is 1. The molecule has 0 aliphatic carbocycles. The summed E-state index contributed by atoms with van der Waals surface area (Å²) in [5, 5.41) is 3.44. The van der Waals surface area contributed by atoms with Crippen LogP contribution in [0.3, 0.4) is 0 Å². The maximum Gasteiger partial charge on any atom is 0.296 e. The van der Waals surface area contributed by atoms with E-state index in [0.29, 0.717) is 30.0 Å². The van der Waals surface area contributed by atoms with Crippen molar-refractivity contribution in [3.8, 4) is 0 Å². The second-order valence-corrected chi connectivity index (χ2v) is 8.13. The highest BCUT2D eigenvalue weighted by Gasteiger charge is 2.24. The lowest BCUT2D eigenvalue weighted by Crippen LogP contribution is -2.40. The van der Waals surface area contributed by atoms with Crippen molar-refractivity contribution in [3.63, 3.8) is 0 Å². The van der Waals surface area contributed by atoms with E-state index in [-0.39, 0.29) is 11.8 Å². The molecule has 0 radical (unpaired) electrons. The number of para-hydroxylation sites is 1. The number of aromatic nitrogens is 1. The van der Waals surface area contributed by atoms with Gasteiger partial charge in [-0.1, -0.05) is 30.3 Å². The molecule has 4 N–H and O–H groups in total. The molecule has 1 atom stereocenters. The highest BCUT2D eigenvalue weighted by Crippen LogP contribution is 2.23. The fraction of sp³-hybridized carbons (Fsp3) is 0.292. The number of carbonyl (C=O) groups is 3. The number of amides is 2. The predicted octanol–water partition coefficient (Wildman–Crippen LogP) is 3.00. The van der Waals surface area contributed by atoms with Gasteiger partial charge in [-0.25, -0.2) is 0 Å². The number of nitrogens with one attached hydrogen (secondary N) is 2. The van der Waals surface area contributed by atoms with E-state index in [1.165, 1.54) is 0 Å². The molecule has 1 saturated heterocycles. The topological polar surface area (TPSA) is 108 Å². The Morgan fingerprint density at radius 1 is 1.13 bits per heavy atom. The summed E-state index contributed by atoms with van der Waals surface area (Å²) in [7, 11) is 0. The third kappa shape index (κ3) is 4.51. The Labute approximate surface area is 180 Å². The van der Waals surface area contributed by atoms with Crippen molar-refractivity contribution in [1.82, 2.24) is 9.88 Å². The third-order valence-corrected chi connectivity index (χ3v) is 5.85. The van der Waals surface area contributed by atoms with Crippen LogP contribution in [-0.2, 0) is 16.1 Å². The van der Waals surface area contributed by atoms with Gasteiger partial charge in [-0.05, 0) is 50.1 Å². The molecule has 2 heterocycles. The number of Topliss-reactive ketones (excluding diaryl/α,β-unsaturated/α-hetero) is 1. The van der Waals surface area contributed by atoms with E-state index < -0.39 is 11.7 Å². The second kappa shape index (κ2) is 8.73. The Kier molecular flexibility index (Phi) is 5.86. The molecule has 2 aromatic carbocycles. The first-order valence-electron chi connectivity index (χ1n) is 10.5. The average molecular weight is 418 g/mol. The van der Waals surface area contributed by atoms with E-state index in [2.05, 4.69) is 15.2 Å². The van der Waals surface area contributed by atoms with Gasteiger partial charge in [-0.2, -0.15) is 0 Å². The van der Waals surface area contributed by atoms with E-state index >= 15 is 0 Å². The molecule has 0 saturated carbocycles. The zero-order chi connectivity index (χ0) is 22.0. The van der Waals surface area contributed by atoms with Gasteiger partial charge in [0.1, 0.15) is 0 Å². The first kappa shape index (κ1) is 20.8. The Balaban J connectivity index is 1.40. The lowest BCUT2D eigenvalue weighted by atomic mass is 9.97. The molecule has 4 rings (SSSR count). The number of hydrogen-bond donors (Lipinski definition) is 3. The molecule has 3 aromatic rings. The molecule has 1 aromatic heterocycles. The van der Waals surface area contributed by atoms with Crippen molar-refractivity contribution in [2.75, 3.05) is 18.4 Å². The van der Waals surface area contributed by atoms with Crippen molar-refractivity contribution < 1.29 is 14.4 Å². The van der Waals surface area contributed by atoms with E-state index in [0.717, 1.165) is 35.9 Å². The van der Waals surface area contributed by atoms with Crippen LogP contribution in [0.2, 0.25) is 0 Å².